The van der Waals surface area contributed by atoms with Gasteiger partial charge in [-0.25, -0.2) is 0 Å². The quantitative estimate of drug-likeness (QED) is 0.111. The Morgan fingerprint density at radius 1 is 0.354 bits per heavy atom. The van der Waals surface area contributed by atoms with E-state index < -0.39 is 90.6 Å². The van der Waals surface area contributed by atoms with Crippen molar-refractivity contribution in [3.63, 3.8) is 0 Å². The molecule has 1 heterocycles. The molecule has 1 aromatic heterocycles. The van der Waals surface area contributed by atoms with Crippen molar-refractivity contribution in [3.05, 3.63) is 289 Å². The molecule has 0 radical (unpaired) electrons. The van der Waals surface area contributed by atoms with Crippen molar-refractivity contribution in [2.24, 2.45) is 0 Å². The van der Waals surface area contributed by atoms with E-state index in [0.29, 0.717) is 0 Å². The largest absolute Gasteiger partial charge is 0.310 e. The molecule has 0 spiro atoms. The van der Waals surface area contributed by atoms with Crippen molar-refractivity contribution >= 4 is 49.5 Å². The smallest absolute Gasteiger partial charge is 0.0786 e. The van der Waals surface area contributed by atoms with Crippen molar-refractivity contribution in [1.29, 1.82) is 0 Å². The number of para-hydroxylation sites is 1. The standard InChI is InChI=1S/C77H56N2/c1-76(2)67-28-16-14-26-59(67)61-39-34-55(47-69(61)76)72-64-42-32-52-23-18-44-78-75(52)74(64)73(56-35-40-62-60-27-15-17-29-68(60)77(3,4)70(62)48-56)63-41-33-53(46-66(63)72)50-30-37-58(38-31-50)79(57-24-12-7-13-25-57)71-43-36-54(49-19-8-5-9-20-49)45-65(71)51-21-10-6-11-22-51/h5-48H,1-4H3/i5D,6D,7D,8D,9D,10D,11D,12D,13D,19D,20D,21D,22D,24D,25D. The molecule has 0 amide bonds. The van der Waals surface area contributed by atoms with Crippen LogP contribution in [0.5, 0.6) is 0 Å². The van der Waals surface area contributed by atoms with Crippen molar-refractivity contribution in [3.8, 4) is 77.9 Å². The molecule has 374 valence electrons. The molecule has 0 bridgehead atoms. The summed E-state index contributed by atoms with van der Waals surface area (Å²) in [6.07, 6.45) is 1.86. The van der Waals surface area contributed by atoms with E-state index in [1.165, 1.54) is 67.6 Å². The summed E-state index contributed by atoms with van der Waals surface area (Å²) in [5, 5.41) is 5.00. The molecule has 0 saturated heterocycles. The van der Waals surface area contributed by atoms with Gasteiger partial charge in [-0.2, -0.15) is 0 Å². The molecule has 2 nitrogen and oxygen atoms in total. The second-order valence-electron chi connectivity index (χ2n) is 21.5. The summed E-state index contributed by atoms with van der Waals surface area (Å²) < 4.78 is 133. The maximum atomic E-state index is 9.44. The third-order valence-electron chi connectivity index (χ3n) is 16.6. The summed E-state index contributed by atoms with van der Waals surface area (Å²) in [6, 6.07) is 47.7. The van der Waals surface area contributed by atoms with E-state index in [-0.39, 0.29) is 50.1 Å². The number of pyridine rings is 1. The van der Waals surface area contributed by atoms with Crippen LogP contribution in [-0.4, -0.2) is 4.98 Å². The van der Waals surface area contributed by atoms with Crippen LogP contribution in [0.3, 0.4) is 0 Å². The molecular formula is C77H56N2. The molecule has 0 N–H and O–H groups in total. The van der Waals surface area contributed by atoms with Crippen LogP contribution in [-0.2, 0) is 10.8 Å². The minimum Gasteiger partial charge on any atom is -0.310 e. The van der Waals surface area contributed by atoms with E-state index in [1.54, 1.807) is 12.1 Å². The number of nitrogens with zero attached hydrogens (tertiary/aromatic N) is 2. The van der Waals surface area contributed by atoms with Gasteiger partial charge in [0.05, 0.1) is 31.8 Å². The summed E-state index contributed by atoms with van der Waals surface area (Å²) in [7, 11) is 0. The van der Waals surface area contributed by atoms with Gasteiger partial charge in [0.2, 0.25) is 0 Å². The fourth-order valence-electron chi connectivity index (χ4n) is 12.8. The molecule has 13 aromatic rings. The van der Waals surface area contributed by atoms with Crippen LogP contribution in [0.15, 0.2) is 267 Å². The zero-order chi connectivity index (χ0) is 66.0. The van der Waals surface area contributed by atoms with Gasteiger partial charge in [-0.05, 0) is 171 Å². The first-order valence-corrected chi connectivity index (χ1v) is 26.4. The molecule has 2 heteroatoms. The molecule has 0 saturated carbocycles. The molecule has 2 aliphatic rings. The van der Waals surface area contributed by atoms with Crippen LogP contribution in [0.25, 0.3) is 110 Å². The third-order valence-corrected chi connectivity index (χ3v) is 16.6. The van der Waals surface area contributed by atoms with Crippen LogP contribution in [0.1, 0.15) is 70.5 Å². The second-order valence-corrected chi connectivity index (χ2v) is 21.5. The fraction of sp³-hybridized carbons (Fsp3) is 0.0779. The van der Waals surface area contributed by atoms with Crippen molar-refractivity contribution in [2.75, 3.05) is 4.90 Å². The van der Waals surface area contributed by atoms with Crippen LogP contribution >= 0.6 is 0 Å². The first kappa shape index (κ1) is 33.5. The Bertz CT molecular complexity index is 5440. The first-order valence-electron chi connectivity index (χ1n) is 33.9. The predicted octanol–water partition coefficient (Wildman–Crippen LogP) is 21.0. The Morgan fingerprint density at radius 3 is 1.54 bits per heavy atom. The first-order chi connectivity index (χ1) is 44.9. The topological polar surface area (TPSA) is 16.1 Å². The fourth-order valence-corrected chi connectivity index (χ4v) is 12.8. The highest BCUT2D eigenvalue weighted by Crippen LogP contribution is 2.55. The monoisotopic (exact) mass is 1020 g/mol. The van der Waals surface area contributed by atoms with Gasteiger partial charge in [0.15, 0.2) is 0 Å². The van der Waals surface area contributed by atoms with Gasteiger partial charge in [0.1, 0.15) is 0 Å². The third kappa shape index (κ3) is 7.35. The van der Waals surface area contributed by atoms with Crippen LogP contribution < -0.4 is 4.90 Å². The Labute approximate surface area is 483 Å². The Hall–Kier alpha value is -9.63. The van der Waals surface area contributed by atoms with E-state index in [9.17, 15) is 5.48 Å². The normalized spacial score (nSPS) is 16.2. The lowest BCUT2D eigenvalue weighted by Crippen LogP contribution is -2.15. The average molecular weight is 1020 g/mol. The minimum atomic E-state index is -0.690. The van der Waals surface area contributed by atoms with Crippen LogP contribution in [0.4, 0.5) is 17.1 Å². The molecule has 12 aromatic carbocycles. The highest BCUT2D eigenvalue weighted by Gasteiger charge is 2.37. The maximum Gasteiger partial charge on any atom is 0.0786 e. The van der Waals surface area contributed by atoms with Crippen molar-refractivity contribution < 1.29 is 20.6 Å². The zero-order valence-electron chi connectivity index (χ0n) is 58.6. The summed E-state index contributed by atoms with van der Waals surface area (Å²) in [5.41, 5.74) is 14.9. The van der Waals surface area contributed by atoms with Crippen molar-refractivity contribution in [2.45, 2.75) is 38.5 Å². The summed E-state index contributed by atoms with van der Waals surface area (Å²) >= 11 is 0. The highest BCUT2D eigenvalue weighted by molar-refractivity contribution is 6.27. The van der Waals surface area contributed by atoms with Crippen molar-refractivity contribution in [1.82, 2.24) is 4.98 Å². The second kappa shape index (κ2) is 18.0. The maximum absolute atomic E-state index is 9.44. The Kier molecular flexibility index (Phi) is 7.63. The molecule has 15 rings (SSSR count). The summed E-state index contributed by atoms with van der Waals surface area (Å²) in [6.45, 7) is 9.14. The van der Waals surface area contributed by atoms with E-state index >= 15 is 0 Å². The van der Waals surface area contributed by atoms with Gasteiger partial charge in [-0.3, -0.25) is 4.98 Å². The number of benzene rings is 12. The molecule has 0 unspecified atom stereocenters. The van der Waals surface area contributed by atoms with E-state index in [2.05, 4.69) is 149 Å². The lowest BCUT2D eigenvalue weighted by atomic mass is 9.79. The number of rotatable bonds is 8. The van der Waals surface area contributed by atoms with Gasteiger partial charge < -0.3 is 4.90 Å². The van der Waals surface area contributed by atoms with E-state index in [0.717, 1.165) is 65.8 Å². The molecule has 0 aliphatic heterocycles. The predicted molar refractivity (Wildman–Crippen MR) is 334 cm³/mol. The van der Waals surface area contributed by atoms with Gasteiger partial charge in [0, 0.05) is 44.7 Å². The lowest BCUT2D eigenvalue weighted by molar-refractivity contribution is 0.660. The van der Waals surface area contributed by atoms with Crippen LogP contribution in [0, 0.1) is 0 Å². The number of aromatic nitrogens is 1. The summed E-state index contributed by atoms with van der Waals surface area (Å²) in [4.78, 5) is 6.56. The Balaban J connectivity index is 0.982. The van der Waals surface area contributed by atoms with E-state index in [4.69, 9.17) is 20.1 Å². The SMILES string of the molecule is [2H]c1c([2H])c([2H])c(-c2ccc(N(c3ccc(-c4ccc5c(-c6ccc7c(c6)C(C)(C)c6ccccc6-7)c6c(ccc7cccnc76)c(-c6ccc7c(c6)C(C)(C)c6ccccc6-7)c5c4)cc3)c3c([2H])c([2H])c([2H])c([2H])c3[2H])c(-c3c([2H])c([2H])c([2H])c([2H])c3[2H])c2)c([2H])c1[2H]. The molecule has 0 atom stereocenters. The number of hydrogen-bond acceptors (Lipinski definition) is 2. The molecule has 0 fully saturated rings. The van der Waals surface area contributed by atoms with Gasteiger partial charge in [0.25, 0.3) is 0 Å². The van der Waals surface area contributed by atoms with E-state index in [1.807, 2.05) is 24.4 Å². The number of anilines is 3. The van der Waals surface area contributed by atoms with Crippen LogP contribution in [0.2, 0.25) is 0 Å². The molecular weight excluding hydrogens is 953 g/mol. The molecule has 2 aliphatic carbocycles. The summed E-state index contributed by atoms with van der Waals surface area (Å²) in [5.74, 6) is 0. The highest BCUT2D eigenvalue weighted by atomic mass is 15.1. The number of hydrogen-bond donors (Lipinski definition) is 0. The molecule has 79 heavy (non-hydrogen) atoms. The minimum absolute atomic E-state index is 0.0165. The average Bonchev–Trinajstić information content (AvgIpc) is 1.04. The van der Waals surface area contributed by atoms with Gasteiger partial charge >= 0.3 is 0 Å². The zero-order valence-corrected chi connectivity index (χ0v) is 43.6. The Morgan fingerprint density at radius 2 is 0.886 bits per heavy atom. The van der Waals surface area contributed by atoms with Gasteiger partial charge in [-0.1, -0.05) is 228 Å². The number of fused-ring (bicyclic) bond motifs is 10. The van der Waals surface area contributed by atoms with Gasteiger partial charge in [-0.15, -0.1) is 0 Å². The lowest BCUT2D eigenvalue weighted by Gasteiger charge is -2.28.